The second-order valence-electron chi connectivity index (χ2n) is 8.10. The Kier molecular flexibility index (Phi) is 8.08. The molecule has 14 heteroatoms. The molecule has 3 aromatic carbocycles. The zero-order chi connectivity index (χ0) is 29.2. The van der Waals surface area contributed by atoms with Crippen molar-refractivity contribution in [2.75, 3.05) is 11.5 Å². The number of para-hydroxylation sites is 1. The quantitative estimate of drug-likeness (QED) is 0.106. The number of nitrogens with one attached hydrogen (secondary N) is 1. The van der Waals surface area contributed by atoms with Gasteiger partial charge in [0.05, 0.1) is 26.4 Å². The lowest BCUT2D eigenvalue weighted by Gasteiger charge is -2.26. The van der Waals surface area contributed by atoms with Gasteiger partial charge in [0.25, 0.3) is 11.8 Å². The number of halogens is 4. The van der Waals surface area contributed by atoms with Gasteiger partial charge in [0, 0.05) is 6.07 Å². The number of carbonyl (C=O) groups is 3. The maximum Gasteiger partial charge on any atom is 0.416 e. The second-order valence-corrected chi connectivity index (χ2v) is 9.26. The monoisotopic (exact) mass is 667 g/mol. The third-order valence-corrected chi connectivity index (χ3v) is 6.26. The Hall–Kier alpha value is -4.47. The van der Waals surface area contributed by atoms with Gasteiger partial charge in [-0.1, -0.05) is 18.2 Å². The van der Waals surface area contributed by atoms with Crippen LogP contribution in [0.25, 0.3) is 6.08 Å². The summed E-state index contributed by atoms with van der Waals surface area (Å²) in [7, 11) is 0. The summed E-state index contributed by atoms with van der Waals surface area (Å²) in [6.07, 6.45) is -3.57. The van der Waals surface area contributed by atoms with Gasteiger partial charge in [-0.2, -0.15) is 13.2 Å². The lowest BCUT2D eigenvalue weighted by Crippen LogP contribution is -2.54. The number of benzene rings is 3. The normalized spacial score (nSPS) is 14.8. The van der Waals surface area contributed by atoms with Crippen LogP contribution < -0.4 is 19.7 Å². The second kappa shape index (κ2) is 11.3. The van der Waals surface area contributed by atoms with Crippen molar-refractivity contribution in [2.45, 2.75) is 13.1 Å². The van der Waals surface area contributed by atoms with E-state index in [1.54, 1.807) is 25.1 Å². The predicted molar refractivity (Wildman–Crippen MR) is 144 cm³/mol. The number of nitro groups is 1. The Morgan fingerprint density at radius 2 is 1.75 bits per heavy atom. The maximum absolute atomic E-state index is 13.1. The van der Waals surface area contributed by atoms with Crippen LogP contribution in [0.5, 0.6) is 17.2 Å². The number of alkyl halides is 3. The summed E-state index contributed by atoms with van der Waals surface area (Å²) in [5.41, 5.74) is -1.95. The van der Waals surface area contributed by atoms with Crippen LogP contribution in [0.3, 0.4) is 0 Å². The zero-order valence-electron chi connectivity index (χ0n) is 20.3. The lowest BCUT2D eigenvalue weighted by atomic mass is 10.1. The number of urea groups is 1. The van der Waals surface area contributed by atoms with Crippen molar-refractivity contribution in [3.8, 4) is 17.2 Å². The van der Waals surface area contributed by atoms with Gasteiger partial charge in [0.2, 0.25) is 5.75 Å². The van der Waals surface area contributed by atoms with E-state index in [1.165, 1.54) is 30.3 Å². The third-order valence-electron chi connectivity index (χ3n) is 5.45. The average Bonchev–Trinajstić information content (AvgIpc) is 2.88. The summed E-state index contributed by atoms with van der Waals surface area (Å²) in [6, 6.07) is 11.8. The first-order valence-electron chi connectivity index (χ1n) is 11.4. The Morgan fingerprint density at radius 3 is 2.38 bits per heavy atom. The molecule has 1 heterocycles. The molecule has 0 aliphatic carbocycles. The molecule has 1 aliphatic rings. The van der Waals surface area contributed by atoms with E-state index in [0.29, 0.717) is 15.7 Å². The number of imide groups is 2. The summed E-state index contributed by atoms with van der Waals surface area (Å²) in [5.74, 6) is -2.24. The van der Waals surface area contributed by atoms with Gasteiger partial charge < -0.3 is 9.47 Å². The molecule has 1 aliphatic heterocycles. The van der Waals surface area contributed by atoms with E-state index in [9.17, 15) is 37.7 Å². The van der Waals surface area contributed by atoms with Crippen LogP contribution in [-0.2, 0) is 15.8 Å². The molecule has 0 atom stereocenters. The summed E-state index contributed by atoms with van der Waals surface area (Å²) in [4.78, 5) is 49.4. The molecular formula is C26H17F3IN3O7. The molecule has 0 aromatic heterocycles. The Morgan fingerprint density at radius 1 is 1.05 bits per heavy atom. The average molecular weight is 667 g/mol. The van der Waals surface area contributed by atoms with Crippen molar-refractivity contribution in [1.82, 2.24) is 5.32 Å². The van der Waals surface area contributed by atoms with Crippen LogP contribution in [0.2, 0.25) is 0 Å². The molecule has 0 spiro atoms. The standard InChI is InChI=1S/C26H17F3IN3O7/c1-2-39-21-12-14(10-17-23(34)31-25(36)32(24(17)35)16-6-4-3-5-7-16)11-18(30)22(21)40-20-9-8-15(26(27,28)29)13-19(20)33(37)38/h3-13H,2H2,1H3,(H,31,34,36)/b17-10+. The topological polar surface area (TPSA) is 128 Å². The first-order valence-corrected chi connectivity index (χ1v) is 12.4. The van der Waals surface area contributed by atoms with E-state index in [-0.39, 0.29) is 34.9 Å². The largest absolute Gasteiger partial charge is 0.490 e. The lowest BCUT2D eigenvalue weighted by molar-refractivity contribution is -0.385. The minimum Gasteiger partial charge on any atom is -0.490 e. The van der Waals surface area contributed by atoms with E-state index in [4.69, 9.17) is 9.47 Å². The van der Waals surface area contributed by atoms with Crippen molar-refractivity contribution in [3.05, 3.63) is 91.0 Å². The summed E-state index contributed by atoms with van der Waals surface area (Å²) in [5, 5.41) is 13.6. The summed E-state index contributed by atoms with van der Waals surface area (Å²) >= 11 is 1.81. The smallest absolute Gasteiger partial charge is 0.416 e. The Balaban J connectivity index is 1.74. The van der Waals surface area contributed by atoms with E-state index < -0.39 is 45.9 Å². The van der Waals surface area contributed by atoms with Gasteiger partial charge in [-0.05, 0) is 77.6 Å². The molecule has 4 rings (SSSR count). The fraction of sp³-hybridized carbons (Fsp3) is 0.115. The molecule has 0 unspecified atom stereocenters. The molecular weight excluding hydrogens is 650 g/mol. The van der Waals surface area contributed by atoms with Gasteiger partial charge in [-0.25, -0.2) is 9.69 Å². The van der Waals surface area contributed by atoms with Crippen LogP contribution in [0.4, 0.5) is 29.3 Å². The molecule has 1 fully saturated rings. The van der Waals surface area contributed by atoms with Gasteiger partial charge in [-0.15, -0.1) is 0 Å². The van der Waals surface area contributed by atoms with Crippen LogP contribution in [0.1, 0.15) is 18.1 Å². The van der Waals surface area contributed by atoms with Gasteiger partial charge in [0.15, 0.2) is 11.5 Å². The molecule has 0 radical (unpaired) electrons. The van der Waals surface area contributed by atoms with Crippen molar-refractivity contribution >= 4 is 57.9 Å². The van der Waals surface area contributed by atoms with E-state index in [2.05, 4.69) is 5.32 Å². The SMILES string of the molecule is CCOc1cc(/C=C2\C(=O)NC(=O)N(c3ccccc3)C2=O)cc(I)c1Oc1ccc(C(F)(F)F)cc1[N+](=O)[O-]. The minimum absolute atomic E-state index is 0.0343. The first-order chi connectivity index (χ1) is 18.9. The number of rotatable bonds is 7. The van der Waals surface area contributed by atoms with Crippen LogP contribution in [0.15, 0.2) is 66.2 Å². The molecule has 10 nitrogen and oxygen atoms in total. The van der Waals surface area contributed by atoms with Gasteiger partial charge in [-0.3, -0.25) is 25.0 Å². The number of carbonyl (C=O) groups excluding carboxylic acids is 3. The van der Waals surface area contributed by atoms with Crippen LogP contribution in [0, 0.1) is 13.7 Å². The maximum atomic E-state index is 13.1. The van der Waals surface area contributed by atoms with Crippen molar-refractivity contribution < 1.29 is 42.0 Å². The summed E-state index contributed by atoms with van der Waals surface area (Å²) < 4.78 is 50.8. The highest BCUT2D eigenvalue weighted by Gasteiger charge is 2.37. The van der Waals surface area contributed by atoms with Crippen molar-refractivity contribution in [1.29, 1.82) is 0 Å². The zero-order valence-corrected chi connectivity index (χ0v) is 22.5. The molecule has 206 valence electrons. The van der Waals surface area contributed by atoms with E-state index in [1.807, 2.05) is 22.6 Å². The number of nitro benzene ring substituents is 1. The van der Waals surface area contributed by atoms with E-state index in [0.717, 1.165) is 11.0 Å². The molecule has 3 aromatic rings. The first kappa shape index (κ1) is 28.5. The number of hydrogen-bond donors (Lipinski definition) is 1. The molecule has 1 saturated heterocycles. The van der Waals surface area contributed by atoms with E-state index >= 15 is 0 Å². The Labute approximate surface area is 237 Å². The number of ether oxygens (including phenoxy) is 2. The number of hydrogen-bond acceptors (Lipinski definition) is 7. The molecule has 0 bridgehead atoms. The van der Waals surface area contributed by atoms with Crippen LogP contribution >= 0.6 is 22.6 Å². The molecule has 0 saturated carbocycles. The van der Waals surface area contributed by atoms with Crippen LogP contribution in [-0.4, -0.2) is 29.4 Å². The van der Waals surface area contributed by atoms with Crippen molar-refractivity contribution in [2.24, 2.45) is 0 Å². The predicted octanol–water partition coefficient (Wildman–Crippen LogP) is 6.08. The van der Waals surface area contributed by atoms with Gasteiger partial charge >= 0.3 is 17.9 Å². The number of nitrogens with zero attached hydrogens (tertiary/aromatic N) is 2. The highest BCUT2D eigenvalue weighted by atomic mass is 127. The van der Waals surface area contributed by atoms with Crippen molar-refractivity contribution in [3.63, 3.8) is 0 Å². The number of amides is 4. The number of barbiturate groups is 1. The Bertz CT molecular complexity index is 1560. The number of anilines is 1. The third kappa shape index (κ3) is 5.90. The molecule has 4 amide bonds. The fourth-order valence-corrected chi connectivity index (χ4v) is 4.44. The summed E-state index contributed by atoms with van der Waals surface area (Å²) in [6.45, 7) is 1.75. The van der Waals surface area contributed by atoms with Gasteiger partial charge in [0.1, 0.15) is 5.57 Å². The molecule has 1 N–H and O–H groups in total. The minimum atomic E-state index is -4.80. The fourth-order valence-electron chi connectivity index (χ4n) is 3.70. The highest BCUT2D eigenvalue weighted by molar-refractivity contribution is 14.1. The highest BCUT2D eigenvalue weighted by Crippen LogP contribution is 2.42. The molecule has 40 heavy (non-hydrogen) atoms.